The quantitative estimate of drug-likeness (QED) is 0.497. The van der Waals surface area contributed by atoms with Crippen molar-refractivity contribution in [2.75, 3.05) is 0 Å². The molecule has 2 aromatic carbocycles. The fraction of sp³-hybridized carbons (Fsp3) is 0.429. The summed E-state index contributed by atoms with van der Waals surface area (Å²) in [4.78, 5) is 0. The zero-order valence-corrected chi connectivity index (χ0v) is 19.3. The van der Waals surface area contributed by atoms with E-state index in [2.05, 4.69) is 67.8 Å². The van der Waals surface area contributed by atoms with Crippen molar-refractivity contribution < 1.29 is 4.74 Å². The van der Waals surface area contributed by atoms with Gasteiger partial charge in [0, 0.05) is 27.5 Å². The second-order valence-corrected chi connectivity index (χ2v) is 14.6. The molecule has 0 amide bonds. The molecule has 2 aromatic rings. The molecule has 26 heavy (non-hydrogen) atoms. The monoisotopic (exact) mass is 451 g/mol. The Morgan fingerprint density at radius 2 is 1.65 bits per heavy atom. The largest absolute Gasteiger partial charge is 0.457 e. The van der Waals surface area contributed by atoms with E-state index in [1.54, 1.807) is 0 Å². The van der Waals surface area contributed by atoms with E-state index >= 15 is 0 Å². The van der Waals surface area contributed by atoms with E-state index < -0.39 is 6.19 Å². The van der Waals surface area contributed by atoms with E-state index in [-0.39, 0.29) is 10.3 Å². The molecule has 1 saturated heterocycles. The molecule has 0 unspecified atom stereocenters. The summed E-state index contributed by atoms with van der Waals surface area (Å²) in [5.41, 5.74) is 1.20. The van der Waals surface area contributed by atoms with Crippen molar-refractivity contribution in [3.63, 3.8) is 0 Å². The first kappa shape index (κ1) is 20.1. The molecule has 0 radical (unpaired) electrons. The second kappa shape index (κ2) is 7.05. The van der Waals surface area contributed by atoms with Gasteiger partial charge in [0.1, 0.15) is 11.5 Å². The zero-order valence-electron chi connectivity index (χ0n) is 16.0. The van der Waals surface area contributed by atoms with E-state index in [0.29, 0.717) is 5.92 Å². The molecule has 0 aliphatic carbocycles. The molecule has 0 spiro atoms. The number of ether oxygens (including phenoxy) is 1. The van der Waals surface area contributed by atoms with Crippen LogP contribution in [0.3, 0.4) is 0 Å². The standard InChI is InChI=1S/C21H27BrNOPS/c1-15-20(2,3)25(26,21(15,4)5)23-14-16-7-6-8-19(13-16)24-18-11-9-17(22)10-12-18/h6-13,15H,14H2,1-5H3,(H,23,26). The predicted molar refractivity (Wildman–Crippen MR) is 119 cm³/mol. The van der Waals surface area contributed by atoms with Gasteiger partial charge in [0.2, 0.25) is 0 Å². The van der Waals surface area contributed by atoms with Gasteiger partial charge in [-0.15, -0.1) is 0 Å². The summed E-state index contributed by atoms with van der Waals surface area (Å²) in [6.07, 6.45) is -1.67. The molecule has 2 nitrogen and oxygen atoms in total. The summed E-state index contributed by atoms with van der Waals surface area (Å²) in [7, 11) is 0. The fourth-order valence-corrected chi connectivity index (χ4v) is 9.70. The van der Waals surface area contributed by atoms with Crippen LogP contribution in [0.25, 0.3) is 0 Å². The highest BCUT2D eigenvalue weighted by Gasteiger charge is 2.63. The Morgan fingerprint density at radius 1 is 1.04 bits per heavy atom. The van der Waals surface area contributed by atoms with Gasteiger partial charge in [0.15, 0.2) is 0 Å². The van der Waals surface area contributed by atoms with Crippen LogP contribution in [0.1, 0.15) is 40.2 Å². The van der Waals surface area contributed by atoms with Crippen molar-refractivity contribution in [1.82, 2.24) is 5.09 Å². The summed E-state index contributed by atoms with van der Waals surface area (Å²) < 4.78 is 7.02. The van der Waals surface area contributed by atoms with Crippen LogP contribution in [0.15, 0.2) is 53.0 Å². The van der Waals surface area contributed by atoms with Crippen LogP contribution in [0.5, 0.6) is 11.5 Å². The third-order valence-corrected chi connectivity index (χ3v) is 14.6. The normalized spacial score (nSPS) is 26.2. The molecule has 0 atom stereocenters. The van der Waals surface area contributed by atoms with Crippen LogP contribution in [-0.4, -0.2) is 10.3 Å². The third kappa shape index (κ3) is 3.30. The Hall–Kier alpha value is -0.670. The lowest BCUT2D eigenvalue weighted by molar-refractivity contribution is 0.296. The lowest BCUT2D eigenvalue weighted by atomic mass is 9.83. The van der Waals surface area contributed by atoms with Gasteiger partial charge in [0.25, 0.3) is 0 Å². The molecule has 1 aliphatic rings. The topological polar surface area (TPSA) is 21.3 Å². The van der Waals surface area contributed by atoms with Gasteiger partial charge in [0.05, 0.1) is 0 Å². The third-order valence-electron chi connectivity index (χ3n) is 6.20. The number of hydrogen-bond donors (Lipinski definition) is 1. The SMILES string of the molecule is CC1C(C)(C)P(=S)(NCc2cccc(Oc3ccc(Br)cc3)c2)C1(C)C. The number of benzene rings is 2. The summed E-state index contributed by atoms with van der Waals surface area (Å²) >= 11 is 9.64. The van der Waals surface area contributed by atoms with Gasteiger partial charge < -0.3 is 4.74 Å². The van der Waals surface area contributed by atoms with E-state index in [4.69, 9.17) is 16.5 Å². The van der Waals surface area contributed by atoms with Crippen LogP contribution in [0.2, 0.25) is 0 Å². The van der Waals surface area contributed by atoms with E-state index in [1.807, 2.05) is 36.4 Å². The lowest BCUT2D eigenvalue weighted by Crippen LogP contribution is -2.60. The Labute approximate surface area is 170 Å². The fourth-order valence-electron chi connectivity index (χ4n) is 4.05. The Morgan fingerprint density at radius 3 is 2.27 bits per heavy atom. The van der Waals surface area contributed by atoms with Gasteiger partial charge in [-0.3, -0.25) is 5.09 Å². The van der Waals surface area contributed by atoms with Crippen LogP contribution in [0, 0.1) is 5.92 Å². The number of halogens is 1. The predicted octanol–water partition coefficient (Wildman–Crippen LogP) is 6.93. The van der Waals surface area contributed by atoms with E-state index in [9.17, 15) is 0 Å². The van der Waals surface area contributed by atoms with Crippen LogP contribution < -0.4 is 9.82 Å². The van der Waals surface area contributed by atoms with Crippen LogP contribution in [-0.2, 0) is 18.4 Å². The molecular weight excluding hydrogens is 425 g/mol. The average molecular weight is 452 g/mol. The van der Waals surface area contributed by atoms with Gasteiger partial charge in [-0.25, -0.2) is 0 Å². The van der Waals surface area contributed by atoms with Gasteiger partial charge in [-0.1, -0.05) is 74.5 Å². The minimum atomic E-state index is -1.67. The molecule has 5 heteroatoms. The maximum atomic E-state index is 6.19. The number of nitrogens with one attached hydrogen (secondary N) is 1. The molecule has 3 rings (SSSR count). The first-order valence-electron chi connectivity index (χ1n) is 8.96. The molecule has 1 heterocycles. The molecular formula is C21H27BrNOPS. The van der Waals surface area contributed by atoms with Crippen LogP contribution in [0.4, 0.5) is 0 Å². The van der Waals surface area contributed by atoms with Gasteiger partial charge >= 0.3 is 0 Å². The van der Waals surface area contributed by atoms with E-state index in [1.165, 1.54) is 5.56 Å². The van der Waals surface area contributed by atoms with Crippen molar-refractivity contribution in [2.45, 2.75) is 51.5 Å². The highest BCUT2D eigenvalue weighted by atomic mass is 79.9. The summed E-state index contributed by atoms with van der Waals surface area (Å²) in [5.74, 6) is 2.31. The number of hydrogen-bond acceptors (Lipinski definition) is 2. The molecule has 1 fully saturated rings. The van der Waals surface area contributed by atoms with Crippen molar-refractivity contribution in [3.05, 3.63) is 58.6 Å². The first-order chi connectivity index (χ1) is 12.1. The van der Waals surface area contributed by atoms with Crippen molar-refractivity contribution in [3.8, 4) is 11.5 Å². The van der Waals surface area contributed by atoms with Gasteiger partial charge in [-0.05, 0) is 47.9 Å². The summed E-state index contributed by atoms with van der Waals surface area (Å²) in [5, 5.41) is 4.17. The zero-order chi connectivity index (χ0) is 19.2. The molecule has 0 aromatic heterocycles. The Bertz CT molecular complexity index is 827. The average Bonchev–Trinajstić information content (AvgIpc) is 2.60. The Kier molecular flexibility index (Phi) is 5.45. The second-order valence-electron chi connectivity index (χ2n) is 8.18. The van der Waals surface area contributed by atoms with E-state index in [0.717, 1.165) is 22.5 Å². The van der Waals surface area contributed by atoms with Crippen molar-refractivity contribution in [1.29, 1.82) is 0 Å². The molecule has 140 valence electrons. The van der Waals surface area contributed by atoms with Gasteiger partial charge in [-0.2, -0.15) is 0 Å². The van der Waals surface area contributed by atoms with Crippen LogP contribution >= 0.6 is 22.1 Å². The number of rotatable bonds is 5. The maximum absolute atomic E-state index is 6.19. The summed E-state index contributed by atoms with van der Waals surface area (Å²) in [6, 6.07) is 16.1. The molecule has 0 saturated carbocycles. The first-order valence-corrected chi connectivity index (χ1v) is 12.6. The summed E-state index contributed by atoms with van der Waals surface area (Å²) in [6.45, 7) is 12.4. The minimum absolute atomic E-state index is 0.192. The molecule has 1 N–H and O–H groups in total. The minimum Gasteiger partial charge on any atom is -0.457 e. The van der Waals surface area contributed by atoms with Crippen molar-refractivity contribution >= 4 is 33.9 Å². The maximum Gasteiger partial charge on any atom is 0.127 e. The smallest absolute Gasteiger partial charge is 0.127 e. The highest BCUT2D eigenvalue weighted by molar-refractivity contribution is 9.10. The Balaban J connectivity index is 1.72. The highest BCUT2D eigenvalue weighted by Crippen LogP contribution is 2.79. The molecule has 1 aliphatic heterocycles. The molecule has 0 bridgehead atoms. The lowest BCUT2D eigenvalue weighted by Gasteiger charge is -2.66. The van der Waals surface area contributed by atoms with Crippen molar-refractivity contribution in [2.24, 2.45) is 5.92 Å².